The molecule has 0 atom stereocenters. The van der Waals surface area contributed by atoms with E-state index in [-0.39, 0.29) is 18.1 Å². The largest absolute Gasteiger partial charge is 0.388 e. The summed E-state index contributed by atoms with van der Waals surface area (Å²) in [4.78, 5) is 18.9. The summed E-state index contributed by atoms with van der Waals surface area (Å²) in [6, 6.07) is 4.73. The van der Waals surface area contributed by atoms with Crippen LogP contribution in [0.5, 0.6) is 0 Å². The molecule has 0 unspecified atom stereocenters. The predicted octanol–water partition coefficient (Wildman–Crippen LogP) is 1.67. The molecule has 0 bridgehead atoms. The Morgan fingerprint density at radius 1 is 1.48 bits per heavy atom. The van der Waals surface area contributed by atoms with Crippen molar-refractivity contribution in [3.63, 3.8) is 0 Å². The van der Waals surface area contributed by atoms with Crippen LogP contribution in [0.4, 0.5) is 4.39 Å². The Morgan fingerprint density at radius 2 is 2.29 bits per heavy atom. The van der Waals surface area contributed by atoms with Gasteiger partial charge in [-0.3, -0.25) is 4.79 Å². The van der Waals surface area contributed by atoms with E-state index in [1.807, 2.05) is 0 Å². The van der Waals surface area contributed by atoms with E-state index in [4.69, 9.17) is 0 Å². The minimum atomic E-state index is -0.710. The van der Waals surface area contributed by atoms with E-state index in [0.29, 0.717) is 29.8 Å². The van der Waals surface area contributed by atoms with Crippen molar-refractivity contribution in [1.29, 1.82) is 0 Å². The number of halogens is 1. The third-order valence-corrected chi connectivity index (χ3v) is 4.00. The van der Waals surface area contributed by atoms with Gasteiger partial charge in [-0.05, 0) is 31.4 Å². The number of benzene rings is 1. The number of aromatic amines is 1. The van der Waals surface area contributed by atoms with Crippen molar-refractivity contribution >= 4 is 16.9 Å². The lowest BCUT2D eigenvalue weighted by atomic mass is 9.80. The van der Waals surface area contributed by atoms with Gasteiger partial charge in [-0.1, -0.05) is 6.07 Å². The van der Waals surface area contributed by atoms with Gasteiger partial charge in [0.05, 0.1) is 11.1 Å². The van der Waals surface area contributed by atoms with Gasteiger partial charge in [0.2, 0.25) is 5.91 Å². The second kappa shape index (κ2) is 5.44. The highest BCUT2D eigenvalue weighted by Crippen LogP contribution is 2.30. The smallest absolute Gasteiger partial charge is 0.220 e. The third-order valence-electron chi connectivity index (χ3n) is 4.00. The van der Waals surface area contributed by atoms with Crippen LogP contribution in [-0.2, 0) is 11.2 Å². The van der Waals surface area contributed by atoms with Crippen molar-refractivity contribution in [3.05, 3.63) is 29.8 Å². The number of para-hydroxylation sites is 1. The Labute approximate surface area is 121 Å². The molecule has 0 radical (unpaired) electrons. The molecule has 1 aromatic carbocycles. The van der Waals surface area contributed by atoms with E-state index < -0.39 is 5.60 Å². The molecule has 112 valence electrons. The maximum absolute atomic E-state index is 13.5. The molecule has 3 N–H and O–H groups in total. The van der Waals surface area contributed by atoms with Crippen LogP contribution in [0, 0.1) is 5.82 Å². The first kappa shape index (κ1) is 14.0. The van der Waals surface area contributed by atoms with E-state index in [1.165, 1.54) is 6.07 Å². The highest BCUT2D eigenvalue weighted by molar-refractivity contribution is 5.77. The molecule has 1 aromatic heterocycles. The second-order valence-electron chi connectivity index (χ2n) is 5.67. The Hall–Kier alpha value is -1.95. The lowest BCUT2D eigenvalue weighted by Crippen LogP contribution is -2.47. The fraction of sp³-hybridized carbons (Fsp3) is 0.467. The van der Waals surface area contributed by atoms with Crippen LogP contribution in [0.25, 0.3) is 11.0 Å². The van der Waals surface area contributed by atoms with Crippen LogP contribution in [0.1, 0.15) is 31.5 Å². The first-order valence-electron chi connectivity index (χ1n) is 7.18. The molecule has 1 aliphatic carbocycles. The minimum absolute atomic E-state index is 0.128. The number of fused-ring (bicyclic) bond motifs is 1. The van der Waals surface area contributed by atoms with Gasteiger partial charge in [-0.25, -0.2) is 9.37 Å². The van der Waals surface area contributed by atoms with Crippen molar-refractivity contribution in [3.8, 4) is 0 Å². The van der Waals surface area contributed by atoms with Crippen LogP contribution in [-0.4, -0.2) is 33.1 Å². The molecule has 1 saturated carbocycles. The Bertz CT molecular complexity index is 664. The van der Waals surface area contributed by atoms with Crippen molar-refractivity contribution in [2.45, 2.75) is 37.7 Å². The van der Waals surface area contributed by atoms with Gasteiger partial charge in [-0.2, -0.15) is 0 Å². The highest BCUT2D eigenvalue weighted by Gasteiger charge is 2.34. The first-order chi connectivity index (χ1) is 10.1. The van der Waals surface area contributed by atoms with Gasteiger partial charge in [0.15, 0.2) is 5.82 Å². The monoisotopic (exact) mass is 291 g/mol. The van der Waals surface area contributed by atoms with Crippen molar-refractivity contribution in [1.82, 2.24) is 15.3 Å². The molecule has 0 spiro atoms. The molecule has 1 amide bonds. The van der Waals surface area contributed by atoms with Gasteiger partial charge in [0, 0.05) is 19.4 Å². The van der Waals surface area contributed by atoms with E-state index in [1.54, 1.807) is 12.1 Å². The molecule has 21 heavy (non-hydrogen) atoms. The number of aromatic nitrogens is 2. The number of nitrogens with zero attached hydrogens (tertiary/aromatic N) is 1. The molecule has 0 aliphatic heterocycles. The zero-order chi connectivity index (χ0) is 14.9. The van der Waals surface area contributed by atoms with Crippen molar-refractivity contribution < 1.29 is 14.3 Å². The van der Waals surface area contributed by atoms with Crippen molar-refractivity contribution in [2.75, 3.05) is 6.54 Å². The van der Waals surface area contributed by atoms with Crippen molar-refractivity contribution in [2.24, 2.45) is 0 Å². The molecule has 3 rings (SSSR count). The summed E-state index contributed by atoms with van der Waals surface area (Å²) in [7, 11) is 0. The highest BCUT2D eigenvalue weighted by atomic mass is 19.1. The zero-order valence-electron chi connectivity index (χ0n) is 11.7. The minimum Gasteiger partial charge on any atom is -0.388 e. The lowest BCUT2D eigenvalue weighted by molar-refractivity contribution is -0.123. The number of nitrogens with one attached hydrogen (secondary N) is 2. The summed E-state index contributed by atoms with van der Waals surface area (Å²) < 4.78 is 13.5. The summed E-state index contributed by atoms with van der Waals surface area (Å²) in [5.41, 5.74) is 0.226. The SMILES string of the molecule is O=C(CCc1nc2c(F)cccc2[nH]1)NCC1(O)CCC1. The quantitative estimate of drug-likeness (QED) is 0.784. The number of hydrogen-bond acceptors (Lipinski definition) is 3. The van der Waals surface area contributed by atoms with E-state index in [0.717, 1.165) is 19.3 Å². The molecular formula is C15H18FN3O2. The second-order valence-corrected chi connectivity index (χ2v) is 5.67. The first-order valence-corrected chi connectivity index (χ1v) is 7.18. The van der Waals surface area contributed by atoms with E-state index in [2.05, 4.69) is 15.3 Å². The number of aliphatic hydroxyl groups is 1. The van der Waals surface area contributed by atoms with Gasteiger partial charge < -0.3 is 15.4 Å². The van der Waals surface area contributed by atoms with E-state index in [9.17, 15) is 14.3 Å². The molecule has 1 aliphatic rings. The molecule has 2 aromatic rings. The standard InChI is InChI=1S/C15H18FN3O2/c16-10-3-1-4-11-14(10)19-12(18-11)5-6-13(20)17-9-15(21)7-2-8-15/h1,3-4,21H,2,5-9H2,(H,17,20)(H,18,19). The van der Waals surface area contributed by atoms with Crippen LogP contribution >= 0.6 is 0 Å². The number of aryl methyl sites for hydroxylation is 1. The Balaban J connectivity index is 1.53. The summed E-state index contributed by atoms with van der Waals surface area (Å²) in [6.07, 6.45) is 3.18. The lowest BCUT2D eigenvalue weighted by Gasteiger charge is -2.36. The fourth-order valence-electron chi connectivity index (χ4n) is 2.51. The van der Waals surface area contributed by atoms with Crippen LogP contribution < -0.4 is 5.32 Å². The molecule has 6 heteroatoms. The average molecular weight is 291 g/mol. The third kappa shape index (κ3) is 3.05. The summed E-state index contributed by atoms with van der Waals surface area (Å²) >= 11 is 0. The normalized spacial score (nSPS) is 16.7. The molecule has 1 fully saturated rings. The molecular weight excluding hydrogens is 273 g/mol. The molecule has 5 nitrogen and oxygen atoms in total. The predicted molar refractivity (Wildman–Crippen MR) is 76.2 cm³/mol. The van der Waals surface area contributed by atoms with Gasteiger partial charge >= 0.3 is 0 Å². The summed E-state index contributed by atoms with van der Waals surface area (Å²) in [6.45, 7) is 0.306. The molecule has 0 saturated heterocycles. The number of hydrogen-bond donors (Lipinski definition) is 3. The number of imidazole rings is 1. The topological polar surface area (TPSA) is 78.0 Å². The summed E-state index contributed by atoms with van der Waals surface area (Å²) in [5, 5.41) is 12.6. The van der Waals surface area contributed by atoms with Crippen LogP contribution in [0.2, 0.25) is 0 Å². The van der Waals surface area contributed by atoms with E-state index >= 15 is 0 Å². The maximum atomic E-state index is 13.5. The number of carbonyl (C=O) groups excluding carboxylic acids is 1. The number of H-pyrrole nitrogens is 1. The molecule has 1 heterocycles. The summed E-state index contributed by atoms with van der Waals surface area (Å²) in [5.74, 6) is 0.0931. The zero-order valence-corrected chi connectivity index (χ0v) is 11.7. The van der Waals surface area contributed by atoms with Gasteiger partial charge in [0.1, 0.15) is 11.3 Å². The Morgan fingerprint density at radius 3 is 2.95 bits per heavy atom. The Kier molecular flexibility index (Phi) is 3.63. The fourth-order valence-corrected chi connectivity index (χ4v) is 2.51. The van der Waals surface area contributed by atoms with Crippen LogP contribution in [0.3, 0.4) is 0 Å². The number of carbonyl (C=O) groups is 1. The van der Waals surface area contributed by atoms with Crippen LogP contribution in [0.15, 0.2) is 18.2 Å². The maximum Gasteiger partial charge on any atom is 0.220 e. The average Bonchev–Trinajstić information content (AvgIpc) is 2.85. The number of rotatable bonds is 5. The van der Waals surface area contributed by atoms with Gasteiger partial charge in [-0.15, -0.1) is 0 Å². The number of amides is 1. The van der Waals surface area contributed by atoms with Gasteiger partial charge in [0.25, 0.3) is 0 Å².